The average molecular weight is 450 g/mol. The minimum Gasteiger partial charge on any atom is -0.427 e. The molecule has 1 N–H and O–H groups in total. The van der Waals surface area contributed by atoms with Crippen LogP contribution in [0.5, 0.6) is 0 Å². The van der Waals surface area contributed by atoms with E-state index in [1.165, 1.54) is 12.8 Å². The lowest BCUT2D eigenvalue weighted by Crippen LogP contribution is -2.50. The van der Waals surface area contributed by atoms with Crippen molar-refractivity contribution in [2.24, 2.45) is 29.1 Å². The molecule has 4 aliphatic carbocycles. The summed E-state index contributed by atoms with van der Waals surface area (Å²) in [6.45, 7) is 4.37. The van der Waals surface area contributed by atoms with Crippen LogP contribution in [0.1, 0.15) is 71.1 Å². The number of hydrogen-bond donors (Lipinski definition) is 1. The Labute approximate surface area is 196 Å². The Balaban J connectivity index is 1.35. The van der Waals surface area contributed by atoms with E-state index in [1.54, 1.807) is 0 Å². The third-order valence-corrected chi connectivity index (χ3v) is 9.17. The van der Waals surface area contributed by atoms with Gasteiger partial charge in [-0.25, -0.2) is 9.59 Å². The van der Waals surface area contributed by atoms with Crippen molar-refractivity contribution in [3.05, 3.63) is 46.5 Å². The summed E-state index contributed by atoms with van der Waals surface area (Å²) in [5.74, 6) is 2.76. The lowest BCUT2D eigenvalue weighted by Gasteiger charge is -2.54. The number of allylic oxidation sites excluding steroid dienone is 5. The van der Waals surface area contributed by atoms with Crippen molar-refractivity contribution in [1.82, 2.24) is 5.32 Å². The fraction of sp³-hybridized carbons (Fsp3) is 0.643. The summed E-state index contributed by atoms with van der Waals surface area (Å²) >= 11 is 0. The minimum atomic E-state index is -0.462. The van der Waals surface area contributed by atoms with Gasteiger partial charge in [-0.2, -0.15) is 0 Å². The molecule has 3 aliphatic heterocycles. The molecule has 0 aromatic carbocycles. The highest BCUT2D eigenvalue weighted by Gasteiger charge is 2.66. The molecular weight excluding hydrogens is 414 g/mol. The van der Waals surface area contributed by atoms with Gasteiger partial charge in [0, 0.05) is 22.6 Å². The zero-order valence-electron chi connectivity index (χ0n) is 19.7. The molecule has 1 spiro atoms. The standard InChI is InChI=1S/C28H35NO4/c1-2-3-7-23-28-13-10-18(16-21(28)26(30)33-23)19-8-9-20-22(32-27(31)24(20)25(19)28)6-4-5-17-11-14-29-15-12-17/h6-7,16-19,25,29H,2-5,8-15H2,1H3. The molecular formula is C28H35NO4. The van der Waals surface area contributed by atoms with Crippen molar-refractivity contribution < 1.29 is 19.1 Å². The van der Waals surface area contributed by atoms with E-state index in [0.717, 1.165) is 98.6 Å². The Kier molecular flexibility index (Phi) is 5.36. The zero-order chi connectivity index (χ0) is 22.6. The largest absolute Gasteiger partial charge is 0.427 e. The van der Waals surface area contributed by atoms with Crippen LogP contribution in [0.2, 0.25) is 0 Å². The van der Waals surface area contributed by atoms with Crippen molar-refractivity contribution in [2.45, 2.75) is 71.1 Å². The molecule has 0 amide bonds. The number of piperidine rings is 1. The normalized spacial score (nSPS) is 37.7. The molecule has 0 aromatic rings. The van der Waals surface area contributed by atoms with E-state index in [-0.39, 0.29) is 17.9 Å². The first-order valence-corrected chi connectivity index (χ1v) is 13.1. The van der Waals surface area contributed by atoms with Gasteiger partial charge in [0.05, 0.1) is 5.41 Å². The molecule has 5 nitrogen and oxygen atoms in total. The Hall–Kier alpha value is -2.14. The predicted molar refractivity (Wildman–Crippen MR) is 125 cm³/mol. The maximum absolute atomic E-state index is 13.3. The summed E-state index contributed by atoms with van der Waals surface area (Å²) in [4.78, 5) is 26.2. The van der Waals surface area contributed by atoms with E-state index in [0.29, 0.717) is 11.8 Å². The predicted octanol–water partition coefficient (Wildman–Crippen LogP) is 5.11. The molecule has 5 heteroatoms. The number of fused-ring (bicyclic) bond motifs is 1. The quantitative estimate of drug-likeness (QED) is 0.591. The van der Waals surface area contributed by atoms with E-state index in [9.17, 15) is 9.59 Å². The Morgan fingerprint density at radius 2 is 1.91 bits per heavy atom. The molecule has 7 rings (SSSR count). The van der Waals surface area contributed by atoms with Gasteiger partial charge in [0.25, 0.3) is 0 Å². The Bertz CT molecular complexity index is 995. The van der Waals surface area contributed by atoms with Crippen LogP contribution in [0.15, 0.2) is 46.5 Å². The van der Waals surface area contributed by atoms with Crippen molar-refractivity contribution >= 4 is 11.9 Å². The SMILES string of the molecule is CCCC=C1OC(=O)C2=CC3CCC12C1C2=C(CCC31)C(=CCCC1CCNCC1)OC2=O. The average Bonchev–Trinajstić information content (AvgIpc) is 3.32. The van der Waals surface area contributed by atoms with Crippen LogP contribution in [0.25, 0.3) is 0 Å². The number of nitrogens with one attached hydrogen (secondary N) is 1. The lowest BCUT2D eigenvalue weighted by atomic mass is 9.47. The van der Waals surface area contributed by atoms with E-state index in [4.69, 9.17) is 9.47 Å². The van der Waals surface area contributed by atoms with Crippen LogP contribution in [-0.2, 0) is 19.1 Å². The van der Waals surface area contributed by atoms with Crippen LogP contribution >= 0.6 is 0 Å². The van der Waals surface area contributed by atoms with Crippen LogP contribution < -0.4 is 5.32 Å². The van der Waals surface area contributed by atoms with E-state index >= 15 is 0 Å². The molecule has 4 unspecified atom stereocenters. The number of hydrogen-bond acceptors (Lipinski definition) is 5. The summed E-state index contributed by atoms with van der Waals surface area (Å²) in [6.07, 6.45) is 16.9. The number of unbranched alkanes of at least 4 members (excludes halogenated alkanes) is 1. The molecule has 7 aliphatic rings. The summed E-state index contributed by atoms with van der Waals surface area (Å²) < 4.78 is 11.8. The number of ether oxygens (including phenoxy) is 2. The van der Waals surface area contributed by atoms with Crippen molar-refractivity contribution in [3.8, 4) is 0 Å². The fourth-order valence-electron chi connectivity index (χ4n) is 7.64. The summed E-state index contributed by atoms with van der Waals surface area (Å²) in [6, 6.07) is 0. The Morgan fingerprint density at radius 1 is 1.06 bits per heavy atom. The van der Waals surface area contributed by atoms with Gasteiger partial charge < -0.3 is 14.8 Å². The van der Waals surface area contributed by atoms with Gasteiger partial charge in [0.1, 0.15) is 11.5 Å². The third kappa shape index (κ3) is 3.22. The van der Waals surface area contributed by atoms with Crippen molar-refractivity contribution in [1.29, 1.82) is 0 Å². The van der Waals surface area contributed by atoms with E-state index in [1.807, 2.05) is 0 Å². The van der Waals surface area contributed by atoms with E-state index < -0.39 is 5.41 Å². The van der Waals surface area contributed by atoms with Crippen LogP contribution in [-0.4, -0.2) is 25.0 Å². The number of cyclic esters (lactones) is 2. The molecule has 3 heterocycles. The summed E-state index contributed by atoms with van der Waals surface area (Å²) in [5.41, 5.74) is 2.32. The molecule has 0 radical (unpaired) electrons. The molecule has 1 saturated carbocycles. The van der Waals surface area contributed by atoms with Gasteiger partial charge in [-0.3, -0.25) is 0 Å². The van der Waals surface area contributed by atoms with Gasteiger partial charge in [-0.1, -0.05) is 19.4 Å². The van der Waals surface area contributed by atoms with Gasteiger partial charge in [-0.05, 0) is 101 Å². The maximum atomic E-state index is 13.3. The molecule has 3 fully saturated rings. The first-order valence-electron chi connectivity index (χ1n) is 13.1. The third-order valence-electron chi connectivity index (χ3n) is 9.17. The topological polar surface area (TPSA) is 64.6 Å². The van der Waals surface area contributed by atoms with Crippen LogP contribution in [0.3, 0.4) is 0 Å². The molecule has 2 saturated heterocycles. The van der Waals surface area contributed by atoms with Crippen molar-refractivity contribution in [2.75, 3.05) is 13.1 Å². The van der Waals surface area contributed by atoms with Gasteiger partial charge in [-0.15, -0.1) is 0 Å². The first kappa shape index (κ1) is 21.4. The molecule has 2 bridgehead atoms. The highest BCUT2D eigenvalue weighted by atomic mass is 16.5. The molecule has 176 valence electrons. The van der Waals surface area contributed by atoms with Crippen molar-refractivity contribution in [3.63, 3.8) is 0 Å². The zero-order valence-corrected chi connectivity index (χ0v) is 19.7. The molecule has 4 atom stereocenters. The minimum absolute atomic E-state index is 0.0115. The van der Waals surface area contributed by atoms with Gasteiger partial charge >= 0.3 is 11.9 Å². The number of carbonyl (C=O) groups excluding carboxylic acids is 2. The van der Waals surface area contributed by atoms with E-state index in [2.05, 4.69) is 30.5 Å². The fourth-order valence-corrected chi connectivity index (χ4v) is 7.64. The second-order valence-corrected chi connectivity index (χ2v) is 10.8. The van der Waals surface area contributed by atoms with Gasteiger partial charge in [0.15, 0.2) is 0 Å². The smallest absolute Gasteiger partial charge is 0.340 e. The summed E-state index contributed by atoms with van der Waals surface area (Å²) in [5, 5.41) is 3.43. The lowest BCUT2D eigenvalue weighted by molar-refractivity contribution is -0.135. The number of rotatable bonds is 5. The molecule has 0 aromatic heterocycles. The van der Waals surface area contributed by atoms with Gasteiger partial charge in [0.2, 0.25) is 0 Å². The second-order valence-electron chi connectivity index (χ2n) is 10.8. The maximum Gasteiger partial charge on any atom is 0.340 e. The Morgan fingerprint density at radius 3 is 2.73 bits per heavy atom. The first-order chi connectivity index (χ1) is 16.1. The second kappa shape index (κ2) is 8.26. The summed E-state index contributed by atoms with van der Waals surface area (Å²) in [7, 11) is 0. The highest BCUT2D eigenvalue weighted by Crippen LogP contribution is 2.68. The van der Waals surface area contributed by atoms with Crippen LogP contribution in [0, 0.1) is 29.1 Å². The van der Waals surface area contributed by atoms with Crippen LogP contribution in [0.4, 0.5) is 0 Å². The monoisotopic (exact) mass is 449 g/mol. The number of esters is 2. The molecule has 33 heavy (non-hydrogen) atoms. The highest BCUT2D eigenvalue weighted by molar-refractivity contribution is 5.99. The number of carbonyl (C=O) groups is 2.